The van der Waals surface area contributed by atoms with Crippen LogP contribution in [0, 0.1) is 0 Å². The van der Waals surface area contributed by atoms with Crippen LogP contribution in [0.5, 0.6) is 0 Å². The smallest absolute Gasteiger partial charge is 0.304 e. The first-order valence-corrected chi connectivity index (χ1v) is 5.70. The van der Waals surface area contributed by atoms with Crippen LogP contribution in [0.2, 0.25) is 0 Å². The highest BCUT2D eigenvalue weighted by Crippen LogP contribution is 2.30. The van der Waals surface area contributed by atoms with Gasteiger partial charge in [0.1, 0.15) is 0 Å². The Kier molecular flexibility index (Phi) is 3.06. The number of carbonyl (C=O) groups is 1. The molecule has 0 aromatic heterocycles. The largest absolute Gasteiger partial charge is 0.446 e. The third kappa shape index (κ3) is 2.08. The monoisotopic (exact) mass is 197 g/mol. The molecule has 14 heavy (non-hydrogen) atoms. The fourth-order valence-corrected chi connectivity index (χ4v) is 2.53. The minimum Gasteiger partial charge on any atom is -0.446 e. The van der Waals surface area contributed by atoms with Gasteiger partial charge in [-0.3, -0.25) is 9.69 Å². The summed E-state index contributed by atoms with van der Waals surface area (Å²) in [5.74, 6) is -0.143. The molecule has 0 aromatic carbocycles. The average molecular weight is 197 g/mol. The summed E-state index contributed by atoms with van der Waals surface area (Å²) in [5.41, 5.74) is 0. The number of ether oxygens (including phenoxy) is 1. The SMILES string of the molecule is CC(=O)OC1CCN1C1CCCCC1. The van der Waals surface area contributed by atoms with Crippen molar-refractivity contribution in [2.24, 2.45) is 0 Å². The molecule has 0 N–H and O–H groups in total. The van der Waals surface area contributed by atoms with Crippen molar-refractivity contribution < 1.29 is 9.53 Å². The Hall–Kier alpha value is -0.570. The second kappa shape index (κ2) is 4.30. The maximum atomic E-state index is 10.8. The van der Waals surface area contributed by atoms with Crippen molar-refractivity contribution in [3.8, 4) is 0 Å². The molecule has 3 nitrogen and oxygen atoms in total. The third-order valence-electron chi connectivity index (χ3n) is 3.35. The average Bonchev–Trinajstić information content (AvgIpc) is 2.14. The number of carbonyl (C=O) groups excluding carboxylic acids is 1. The normalized spacial score (nSPS) is 29.6. The zero-order valence-electron chi connectivity index (χ0n) is 8.87. The van der Waals surface area contributed by atoms with Crippen LogP contribution in [-0.4, -0.2) is 29.7 Å². The van der Waals surface area contributed by atoms with Crippen molar-refractivity contribution >= 4 is 5.97 Å². The molecule has 0 amide bonds. The van der Waals surface area contributed by atoms with Crippen LogP contribution < -0.4 is 0 Å². The van der Waals surface area contributed by atoms with Crippen molar-refractivity contribution in [2.75, 3.05) is 6.54 Å². The van der Waals surface area contributed by atoms with Crippen LogP contribution in [0.1, 0.15) is 45.4 Å². The van der Waals surface area contributed by atoms with Gasteiger partial charge >= 0.3 is 5.97 Å². The Bertz CT molecular complexity index is 211. The molecular formula is C11H19NO2. The van der Waals surface area contributed by atoms with E-state index in [1.165, 1.54) is 39.0 Å². The quantitative estimate of drug-likeness (QED) is 0.633. The van der Waals surface area contributed by atoms with Crippen molar-refractivity contribution in [2.45, 2.75) is 57.7 Å². The highest BCUT2D eigenvalue weighted by Gasteiger charge is 2.36. The van der Waals surface area contributed by atoms with Crippen molar-refractivity contribution in [1.82, 2.24) is 4.90 Å². The lowest BCUT2D eigenvalue weighted by Crippen LogP contribution is -2.55. The number of nitrogens with zero attached hydrogens (tertiary/aromatic N) is 1. The molecule has 1 heterocycles. The fraction of sp³-hybridized carbons (Fsp3) is 0.909. The van der Waals surface area contributed by atoms with Gasteiger partial charge in [-0.05, 0) is 12.8 Å². The third-order valence-corrected chi connectivity index (χ3v) is 3.35. The maximum Gasteiger partial charge on any atom is 0.304 e. The van der Waals surface area contributed by atoms with Gasteiger partial charge in [0.2, 0.25) is 0 Å². The molecule has 1 aliphatic heterocycles. The van der Waals surface area contributed by atoms with E-state index in [9.17, 15) is 4.79 Å². The van der Waals surface area contributed by atoms with Crippen LogP contribution >= 0.6 is 0 Å². The number of hydrogen-bond donors (Lipinski definition) is 0. The Morgan fingerprint density at radius 2 is 1.93 bits per heavy atom. The first kappa shape index (κ1) is 9.97. The van der Waals surface area contributed by atoms with E-state index in [0.29, 0.717) is 6.04 Å². The topological polar surface area (TPSA) is 29.5 Å². The summed E-state index contributed by atoms with van der Waals surface area (Å²) in [7, 11) is 0. The van der Waals surface area contributed by atoms with Gasteiger partial charge in [-0.25, -0.2) is 0 Å². The molecule has 2 aliphatic rings. The molecule has 2 fully saturated rings. The highest BCUT2D eigenvalue weighted by atomic mass is 16.6. The predicted octanol–water partition coefficient (Wildman–Crippen LogP) is 1.91. The van der Waals surface area contributed by atoms with Gasteiger partial charge < -0.3 is 4.74 Å². The first-order valence-electron chi connectivity index (χ1n) is 5.70. The van der Waals surface area contributed by atoms with E-state index >= 15 is 0 Å². The van der Waals surface area contributed by atoms with E-state index in [2.05, 4.69) is 4.90 Å². The molecule has 2 rings (SSSR count). The van der Waals surface area contributed by atoms with Gasteiger partial charge in [0.15, 0.2) is 6.23 Å². The standard InChI is InChI=1S/C11H19NO2/c1-9(13)14-11-7-8-12(11)10-5-3-2-4-6-10/h10-11H,2-8H2,1H3. The van der Waals surface area contributed by atoms with Gasteiger partial charge in [0.25, 0.3) is 0 Å². The molecule has 1 atom stereocenters. The number of rotatable bonds is 2. The van der Waals surface area contributed by atoms with E-state index in [-0.39, 0.29) is 12.2 Å². The van der Waals surface area contributed by atoms with Crippen molar-refractivity contribution in [3.63, 3.8) is 0 Å². The number of hydrogen-bond acceptors (Lipinski definition) is 3. The molecule has 0 aromatic rings. The van der Waals surface area contributed by atoms with Gasteiger partial charge in [-0.15, -0.1) is 0 Å². The fourth-order valence-electron chi connectivity index (χ4n) is 2.53. The van der Waals surface area contributed by atoms with Crippen LogP contribution in [0.15, 0.2) is 0 Å². The minimum absolute atomic E-state index is 0.0931. The molecule has 1 aliphatic carbocycles. The van der Waals surface area contributed by atoms with E-state index in [4.69, 9.17) is 4.74 Å². The first-order chi connectivity index (χ1) is 6.77. The van der Waals surface area contributed by atoms with Crippen LogP contribution in [0.4, 0.5) is 0 Å². The number of esters is 1. The molecule has 0 bridgehead atoms. The van der Waals surface area contributed by atoms with Gasteiger partial charge in [0.05, 0.1) is 0 Å². The molecule has 1 saturated carbocycles. The van der Waals surface area contributed by atoms with Gasteiger partial charge in [-0.2, -0.15) is 0 Å². The van der Waals surface area contributed by atoms with Gasteiger partial charge in [-0.1, -0.05) is 19.3 Å². The second-order valence-electron chi connectivity index (χ2n) is 4.38. The summed E-state index contributed by atoms with van der Waals surface area (Å²) in [6.45, 7) is 2.61. The Balaban J connectivity index is 1.82. The molecular weight excluding hydrogens is 178 g/mol. The summed E-state index contributed by atoms with van der Waals surface area (Å²) >= 11 is 0. The summed E-state index contributed by atoms with van der Waals surface area (Å²) < 4.78 is 5.24. The molecule has 1 saturated heterocycles. The predicted molar refractivity (Wildman–Crippen MR) is 53.8 cm³/mol. The van der Waals surface area contributed by atoms with E-state index in [0.717, 1.165) is 13.0 Å². The number of likely N-dealkylation sites (tertiary alicyclic amines) is 1. The van der Waals surface area contributed by atoms with E-state index in [1.54, 1.807) is 0 Å². The Morgan fingerprint density at radius 1 is 1.21 bits per heavy atom. The lowest BCUT2D eigenvalue weighted by Gasteiger charge is -2.46. The lowest BCUT2D eigenvalue weighted by atomic mass is 9.92. The lowest BCUT2D eigenvalue weighted by molar-refractivity contribution is -0.177. The maximum absolute atomic E-state index is 10.8. The highest BCUT2D eigenvalue weighted by molar-refractivity contribution is 5.66. The zero-order chi connectivity index (χ0) is 9.97. The summed E-state index contributed by atoms with van der Waals surface area (Å²) in [6.07, 6.45) is 7.76. The van der Waals surface area contributed by atoms with Gasteiger partial charge in [0, 0.05) is 25.9 Å². The molecule has 80 valence electrons. The summed E-state index contributed by atoms with van der Waals surface area (Å²) in [6, 6.07) is 0.682. The molecule has 3 heteroatoms. The van der Waals surface area contributed by atoms with Crippen molar-refractivity contribution in [3.05, 3.63) is 0 Å². The van der Waals surface area contributed by atoms with E-state index < -0.39 is 0 Å². The molecule has 0 radical (unpaired) electrons. The van der Waals surface area contributed by atoms with E-state index in [1.807, 2.05) is 0 Å². The van der Waals surface area contributed by atoms with Crippen LogP contribution in [0.3, 0.4) is 0 Å². The molecule has 1 unspecified atom stereocenters. The Labute approximate surface area is 85.4 Å². The second-order valence-corrected chi connectivity index (χ2v) is 4.38. The van der Waals surface area contributed by atoms with Crippen LogP contribution in [-0.2, 0) is 9.53 Å². The zero-order valence-corrected chi connectivity index (χ0v) is 8.87. The summed E-state index contributed by atoms with van der Waals surface area (Å²) in [4.78, 5) is 13.2. The summed E-state index contributed by atoms with van der Waals surface area (Å²) in [5, 5.41) is 0. The van der Waals surface area contributed by atoms with Crippen molar-refractivity contribution in [1.29, 1.82) is 0 Å². The molecule has 0 spiro atoms. The Morgan fingerprint density at radius 3 is 2.43 bits per heavy atom. The minimum atomic E-state index is -0.143. The van der Waals surface area contributed by atoms with Crippen LogP contribution in [0.25, 0.3) is 0 Å².